The molecule has 0 atom stereocenters. The predicted octanol–water partition coefficient (Wildman–Crippen LogP) is 5.68. The van der Waals surface area contributed by atoms with E-state index in [1.165, 1.54) is 17.8 Å². The molecule has 1 saturated heterocycles. The Bertz CT molecular complexity index is 1560. The van der Waals surface area contributed by atoms with Crippen molar-refractivity contribution >= 4 is 33.0 Å². The van der Waals surface area contributed by atoms with Crippen molar-refractivity contribution in [3.05, 3.63) is 119 Å². The lowest BCUT2D eigenvalue weighted by Crippen LogP contribution is -2.45. The normalized spacial score (nSPS) is 14.1. The molecule has 0 radical (unpaired) electrons. The quantitative estimate of drug-likeness (QED) is 0.293. The molecular formula is C32H34N4O3S. The van der Waals surface area contributed by atoms with E-state index in [0.717, 1.165) is 49.4 Å². The van der Waals surface area contributed by atoms with Gasteiger partial charge in [0, 0.05) is 49.7 Å². The Morgan fingerprint density at radius 2 is 1.48 bits per heavy atom. The maximum atomic E-state index is 12.8. The zero-order valence-corrected chi connectivity index (χ0v) is 23.6. The molecule has 7 nitrogen and oxygen atoms in total. The van der Waals surface area contributed by atoms with Gasteiger partial charge in [0.25, 0.3) is 15.9 Å². The van der Waals surface area contributed by atoms with Crippen LogP contribution < -0.4 is 14.9 Å². The van der Waals surface area contributed by atoms with Crippen molar-refractivity contribution in [2.24, 2.45) is 0 Å². The first-order chi connectivity index (χ1) is 19.3. The lowest BCUT2D eigenvalue weighted by molar-refractivity contribution is 0.102. The highest BCUT2D eigenvalue weighted by Gasteiger charge is 2.18. The van der Waals surface area contributed by atoms with Crippen LogP contribution in [0.2, 0.25) is 0 Å². The van der Waals surface area contributed by atoms with E-state index in [0.29, 0.717) is 16.9 Å². The summed E-state index contributed by atoms with van der Waals surface area (Å²) in [5.41, 5.74) is 5.96. The molecule has 0 saturated carbocycles. The average Bonchev–Trinajstić information content (AvgIpc) is 2.96. The summed E-state index contributed by atoms with van der Waals surface area (Å²) in [6.45, 7) is 8.63. The number of benzene rings is 4. The minimum Gasteiger partial charge on any atom is -0.369 e. The number of amides is 1. The second kappa shape index (κ2) is 11.9. The molecule has 5 rings (SSSR count). The minimum atomic E-state index is -3.75. The van der Waals surface area contributed by atoms with Gasteiger partial charge in [-0.25, -0.2) is 8.42 Å². The van der Waals surface area contributed by atoms with Gasteiger partial charge in [0.15, 0.2) is 0 Å². The zero-order valence-electron chi connectivity index (χ0n) is 22.8. The van der Waals surface area contributed by atoms with Gasteiger partial charge in [-0.05, 0) is 79.6 Å². The summed E-state index contributed by atoms with van der Waals surface area (Å²) in [5.74, 6) is -0.243. The number of nitrogens with one attached hydrogen (secondary N) is 2. The summed E-state index contributed by atoms with van der Waals surface area (Å²) >= 11 is 0. The first kappa shape index (κ1) is 27.4. The summed E-state index contributed by atoms with van der Waals surface area (Å²) in [7, 11) is -3.75. The maximum absolute atomic E-state index is 12.8. The van der Waals surface area contributed by atoms with E-state index < -0.39 is 10.0 Å². The number of nitrogens with zero attached hydrogens (tertiary/aromatic N) is 2. The van der Waals surface area contributed by atoms with Crippen molar-refractivity contribution in [1.29, 1.82) is 0 Å². The second-order valence-corrected chi connectivity index (χ2v) is 11.9. The first-order valence-electron chi connectivity index (χ1n) is 13.4. The summed E-state index contributed by atoms with van der Waals surface area (Å²) in [6.07, 6.45) is 0. The topological polar surface area (TPSA) is 81.8 Å². The van der Waals surface area contributed by atoms with Crippen molar-refractivity contribution in [3.63, 3.8) is 0 Å². The van der Waals surface area contributed by atoms with E-state index in [-0.39, 0.29) is 10.8 Å². The van der Waals surface area contributed by atoms with Gasteiger partial charge in [-0.3, -0.25) is 14.4 Å². The van der Waals surface area contributed by atoms with Gasteiger partial charge in [0.2, 0.25) is 0 Å². The van der Waals surface area contributed by atoms with E-state index in [1.807, 2.05) is 56.3 Å². The molecule has 4 aromatic carbocycles. The molecule has 40 heavy (non-hydrogen) atoms. The Hall–Kier alpha value is -4.14. The van der Waals surface area contributed by atoms with Gasteiger partial charge in [-0.15, -0.1) is 0 Å². The fraction of sp³-hybridized carbons (Fsp3) is 0.219. The Morgan fingerprint density at radius 3 is 2.12 bits per heavy atom. The molecule has 206 valence electrons. The Morgan fingerprint density at radius 1 is 0.800 bits per heavy atom. The van der Waals surface area contributed by atoms with Crippen LogP contribution in [-0.2, 0) is 16.6 Å². The van der Waals surface area contributed by atoms with E-state index in [2.05, 4.69) is 44.1 Å². The highest BCUT2D eigenvalue weighted by atomic mass is 32.2. The smallest absolute Gasteiger partial charge is 0.261 e. The molecule has 0 aliphatic carbocycles. The molecule has 1 aliphatic rings. The van der Waals surface area contributed by atoms with Crippen LogP contribution in [-0.4, -0.2) is 45.4 Å². The van der Waals surface area contributed by atoms with Gasteiger partial charge in [-0.1, -0.05) is 48.0 Å². The highest BCUT2D eigenvalue weighted by Crippen LogP contribution is 2.22. The number of carbonyl (C=O) groups is 1. The van der Waals surface area contributed by atoms with Crippen LogP contribution in [0.1, 0.15) is 27.0 Å². The second-order valence-electron chi connectivity index (χ2n) is 10.2. The van der Waals surface area contributed by atoms with Crippen molar-refractivity contribution < 1.29 is 13.2 Å². The molecule has 1 fully saturated rings. The third-order valence-corrected chi connectivity index (χ3v) is 8.55. The van der Waals surface area contributed by atoms with Crippen LogP contribution in [0.3, 0.4) is 0 Å². The summed E-state index contributed by atoms with van der Waals surface area (Å²) in [6, 6.07) is 29.9. The Labute approximate surface area is 236 Å². The number of sulfonamides is 1. The number of para-hydroxylation sites is 1. The van der Waals surface area contributed by atoms with Gasteiger partial charge in [0.05, 0.1) is 10.6 Å². The summed E-state index contributed by atoms with van der Waals surface area (Å²) < 4.78 is 28.3. The van der Waals surface area contributed by atoms with E-state index in [4.69, 9.17) is 0 Å². The molecule has 0 bridgehead atoms. The van der Waals surface area contributed by atoms with Crippen LogP contribution in [0.5, 0.6) is 0 Å². The summed E-state index contributed by atoms with van der Waals surface area (Å²) in [5, 5.41) is 2.85. The molecule has 1 heterocycles. The van der Waals surface area contributed by atoms with Gasteiger partial charge >= 0.3 is 0 Å². The third kappa shape index (κ3) is 6.70. The van der Waals surface area contributed by atoms with Crippen LogP contribution in [0.4, 0.5) is 17.1 Å². The van der Waals surface area contributed by atoms with Crippen LogP contribution in [0, 0.1) is 13.8 Å². The molecule has 0 aromatic heterocycles. The number of carbonyl (C=O) groups excluding carboxylic acids is 1. The first-order valence-corrected chi connectivity index (χ1v) is 14.9. The third-order valence-electron chi connectivity index (χ3n) is 7.16. The number of rotatable bonds is 8. The molecule has 0 spiro atoms. The van der Waals surface area contributed by atoms with Crippen LogP contribution >= 0.6 is 0 Å². The van der Waals surface area contributed by atoms with E-state index >= 15 is 0 Å². The number of hydrogen-bond acceptors (Lipinski definition) is 5. The van der Waals surface area contributed by atoms with Crippen LogP contribution in [0.25, 0.3) is 0 Å². The SMILES string of the molecule is Cc1ccc(NS(=O)(=O)c2ccc(NC(=O)c3ccc(CN4CCN(c5ccccc5)CC4)cc3)cc2)c(C)c1. The predicted molar refractivity (Wildman–Crippen MR) is 161 cm³/mol. The fourth-order valence-electron chi connectivity index (χ4n) is 4.88. The lowest BCUT2D eigenvalue weighted by atomic mass is 10.1. The Balaban J connectivity index is 1.14. The number of piperazine rings is 1. The molecular weight excluding hydrogens is 520 g/mol. The van der Waals surface area contributed by atoms with Gasteiger partial charge in [0.1, 0.15) is 0 Å². The number of anilines is 3. The van der Waals surface area contributed by atoms with Gasteiger partial charge in [-0.2, -0.15) is 0 Å². The van der Waals surface area contributed by atoms with Crippen molar-refractivity contribution in [2.45, 2.75) is 25.3 Å². The number of aryl methyl sites for hydroxylation is 2. The van der Waals surface area contributed by atoms with Crippen LogP contribution in [0.15, 0.2) is 102 Å². The maximum Gasteiger partial charge on any atom is 0.261 e. The molecule has 8 heteroatoms. The molecule has 1 amide bonds. The van der Waals surface area contributed by atoms with Crippen molar-refractivity contribution in [2.75, 3.05) is 41.1 Å². The average molecular weight is 555 g/mol. The van der Waals surface area contributed by atoms with E-state index in [9.17, 15) is 13.2 Å². The van der Waals surface area contributed by atoms with Crippen molar-refractivity contribution in [3.8, 4) is 0 Å². The fourth-order valence-corrected chi connectivity index (χ4v) is 6.01. The monoisotopic (exact) mass is 554 g/mol. The van der Waals surface area contributed by atoms with Gasteiger partial charge < -0.3 is 10.2 Å². The van der Waals surface area contributed by atoms with E-state index in [1.54, 1.807) is 18.2 Å². The number of hydrogen-bond donors (Lipinski definition) is 2. The molecule has 4 aromatic rings. The molecule has 0 unspecified atom stereocenters. The largest absolute Gasteiger partial charge is 0.369 e. The Kier molecular flexibility index (Phi) is 8.19. The highest BCUT2D eigenvalue weighted by molar-refractivity contribution is 7.92. The zero-order chi connectivity index (χ0) is 28.1. The molecule has 2 N–H and O–H groups in total. The standard InChI is InChI=1S/C32H34N4O3S/c1-24-8-17-31(25(2)22-24)34-40(38,39)30-15-13-28(14-16-30)33-32(37)27-11-9-26(10-12-27)23-35-18-20-36(21-19-35)29-6-4-3-5-7-29/h3-17,22,34H,18-21,23H2,1-2H3,(H,33,37). The lowest BCUT2D eigenvalue weighted by Gasteiger charge is -2.36. The summed E-state index contributed by atoms with van der Waals surface area (Å²) in [4.78, 5) is 17.8. The molecule has 1 aliphatic heterocycles. The van der Waals surface area contributed by atoms with Crippen molar-refractivity contribution in [1.82, 2.24) is 4.90 Å². The minimum absolute atomic E-state index is 0.124.